The maximum absolute atomic E-state index is 12.9. The summed E-state index contributed by atoms with van der Waals surface area (Å²) in [6.45, 7) is 6.22. The Labute approximate surface area is 145 Å². The lowest BCUT2D eigenvalue weighted by atomic mass is 10.3. The van der Waals surface area contributed by atoms with Crippen LogP contribution in [0.25, 0.3) is 0 Å². The second-order valence-corrected chi connectivity index (χ2v) is 6.76. The molecule has 0 bridgehead atoms. The van der Waals surface area contributed by atoms with Crippen LogP contribution in [0.4, 0.5) is 4.39 Å². The van der Waals surface area contributed by atoms with Crippen LogP contribution in [0, 0.1) is 5.82 Å². The van der Waals surface area contributed by atoms with E-state index in [0.717, 1.165) is 50.0 Å². The molecular formula is C17H22FN3O2S. The third kappa shape index (κ3) is 4.98. The Morgan fingerprint density at radius 1 is 1.12 bits per heavy atom. The number of hydrogen-bond acceptors (Lipinski definition) is 6. The molecule has 0 atom stereocenters. The first-order valence-corrected chi connectivity index (χ1v) is 8.98. The van der Waals surface area contributed by atoms with Gasteiger partial charge in [0.2, 0.25) is 0 Å². The lowest BCUT2D eigenvalue weighted by Crippen LogP contribution is -2.46. The van der Waals surface area contributed by atoms with Crippen molar-refractivity contribution in [3.63, 3.8) is 0 Å². The third-order valence-corrected chi connectivity index (χ3v) is 4.91. The van der Waals surface area contributed by atoms with E-state index in [-0.39, 0.29) is 12.4 Å². The minimum atomic E-state index is -0.266. The van der Waals surface area contributed by atoms with Gasteiger partial charge in [0.15, 0.2) is 0 Å². The first-order valence-electron chi connectivity index (χ1n) is 8.10. The summed E-state index contributed by atoms with van der Waals surface area (Å²) in [4.78, 5) is 9.28. The van der Waals surface area contributed by atoms with Crippen molar-refractivity contribution in [2.24, 2.45) is 0 Å². The van der Waals surface area contributed by atoms with Crippen molar-refractivity contribution >= 4 is 11.3 Å². The molecule has 1 saturated heterocycles. The first-order chi connectivity index (χ1) is 11.7. The van der Waals surface area contributed by atoms with Gasteiger partial charge in [-0.1, -0.05) is 0 Å². The fourth-order valence-corrected chi connectivity index (χ4v) is 3.40. The van der Waals surface area contributed by atoms with Crippen LogP contribution in [0.2, 0.25) is 0 Å². The van der Waals surface area contributed by atoms with Crippen LogP contribution in [-0.4, -0.2) is 59.2 Å². The van der Waals surface area contributed by atoms with Crippen molar-refractivity contribution in [3.05, 3.63) is 46.2 Å². The van der Waals surface area contributed by atoms with E-state index in [2.05, 4.69) is 20.2 Å². The Balaban J connectivity index is 1.45. The fraction of sp³-hybridized carbons (Fsp3) is 0.471. The van der Waals surface area contributed by atoms with Crippen LogP contribution in [0.15, 0.2) is 29.6 Å². The summed E-state index contributed by atoms with van der Waals surface area (Å²) in [5.74, 6) is 0.381. The molecule has 1 fully saturated rings. The highest BCUT2D eigenvalue weighted by atomic mass is 32.1. The van der Waals surface area contributed by atoms with Crippen LogP contribution in [0.5, 0.6) is 5.75 Å². The van der Waals surface area contributed by atoms with Crippen LogP contribution in [0.1, 0.15) is 10.7 Å². The standard InChI is InChI=1S/C17H22FN3O2S/c18-14-1-3-16(4-2-14)23-12-17-19-15(13-24-17)11-21-7-5-20(6-8-21)9-10-22/h1-4,13,22H,5-12H2. The second kappa shape index (κ2) is 8.53. The molecule has 0 unspecified atom stereocenters. The molecule has 1 aliphatic rings. The van der Waals surface area contributed by atoms with Gasteiger partial charge in [0.1, 0.15) is 23.2 Å². The molecule has 2 aromatic rings. The summed E-state index contributed by atoms with van der Waals surface area (Å²) in [5.41, 5.74) is 1.06. The second-order valence-electron chi connectivity index (χ2n) is 5.82. The van der Waals surface area contributed by atoms with Crippen LogP contribution < -0.4 is 4.74 Å². The van der Waals surface area contributed by atoms with Crippen molar-refractivity contribution < 1.29 is 14.2 Å². The molecular weight excluding hydrogens is 329 g/mol. The van der Waals surface area contributed by atoms with E-state index >= 15 is 0 Å². The molecule has 0 aliphatic carbocycles. The van der Waals surface area contributed by atoms with Crippen LogP contribution >= 0.6 is 11.3 Å². The molecule has 7 heteroatoms. The number of piperazine rings is 1. The molecule has 0 amide bonds. The highest BCUT2D eigenvalue weighted by molar-refractivity contribution is 7.09. The van der Waals surface area contributed by atoms with Crippen molar-refractivity contribution in [1.82, 2.24) is 14.8 Å². The van der Waals surface area contributed by atoms with Gasteiger partial charge in [-0.3, -0.25) is 9.80 Å². The van der Waals surface area contributed by atoms with Gasteiger partial charge in [0.05, 0.1) is 12.3 Å². The Morgan fingerprint density at radius 3 is 2.54 bits per heavy atom. The number of nitrogens with zero attached hydrogens (tertiary/aromatic N) is 3. The molecule has 5 nitrogen and oxygen atoms in total. The summed E-state index contributed by atoms with van der Waals surface area (Å²) >= 11 is 1.59. The van der Waals surface area contributed by atoms with Crippen LogP contribution in [0.3, 0.4) is 0 Å². The van der Waals surface area contributed by atoms with Gasteiger partial charge in [-0.25, -0.2) is 9.37 Å². The summed E-state index contributed by atoms with van der Waals surface area (Å²) in [5, 5.41) is 12.0. The molecule has 0 saturated carbocycles. The van der Waals surface area contributed by atoms with Gasteiger partial charge in [0.25, 0.3) is 0 Å². The molecule has 0 radical (unpaired) electrons. The first kappa shape index (κ1) is 17.3. The average molecular weight is 351 g/mol. The van der Waals surface area contributed by atoms with Gasteiger partial charge < -0.3 is 9.84 Å². The lowest BCUT2D eigenvalue weighted by molar-refractivity contribution is 0.108. The monoisotopic (exact) mass is 351 g/mol. The summed E-state index contributed by atoms with van der Waals surface area (Å²) in [7, 11) is 0. The molecule has 1 N–H and O–H groups in total. The number of halogens is 1. The quantitative estimate of drug-likeness (QED) is 0.827. The smallest absolute Gasteiger partial charge is 0.140 e. The highest BCUT2D eigenvalue weighted by Gasteiger charge is 2.17. The normalized spacial score (nSPS) is 16.4. The Bertz CT molecular complexity index is 627. The van der Waals surface area contributed by atoms with E-state index in [4.69, 9.17) is 9.84 Å². The van der Waals surface area contributed by atoms with Crippen molar-refractivity contribution in [2.75, 3.05) is 39.3 Å². The van der Waals surface area contributed by atoms with E-state index < -0.39 is 0 Å². The van der Waals surface area contributed by atoms with E-state index in [1.54, 1.807) is 23.5 Å². The zero-order valence-electron chi connectivity index (χ0n) is 13.5. The molecule has 24 heavy (non-hydrogen) atoms. The zero-order chi connectivity index (χ0) is 16.8. The Kier molecular flexibility index (Phi) is 6.14. The van der Waals surface area contributed by atoms with E-state index in [0.29, 0.717) is 12.4 Å². The number of benzene rings is 1. The van der Waals surface area contributed by atoms with Crippen LogP contribution in [-0.2, 0) is 13.2 Å². The Morgan fingerprint density at radius 2 is 1.83 bits per heavy atom. The number of β-amino-alcohol motifs (C(OH)–C–C–N with tert-alkyl or cyclic N) is 1. The molecule has 1 aromatic heterocycles. The van der Waals surface area contributed by atoms with Gasteiger partial charge in [-0.2, -0.15) is 0 Å². The van der Waals surface area contributed by atoms with Crippen molar-refractivity contribution in [3.8, 4) is 5.75 Å². The predicted molar refractivity (Wildman–Crippen MR) is 91.6 cm³/mol. The van der Waals surface area contributed by atoms with E-state index in [1.165, 1.54) is 12.1 Å². The average Bonchev–Trinajstić information content (AvgIpc) is 3.04. The maximum Gasteiger partial charge on any atom is 0.140 e. The number of aromatic nitrogens is 1. The van der Waals surface area contributed by atoms with E-state index in [1.807, 2.05) is 0 Å². The minimum absolute atomic E-state index is 0.226. The number of hydrogen-bond donors (Lipinski definition) is 1. The number of thiazole rings is 1. The van der Waals surface area contributed by atoms with Gasteiger partial charge >= 0.3 is 0 Å². The van der Waals surface area contributed by atoms with Gasteiger partial charge in [-0.15, -0.1) is 11.3 Å². The van der Waals surface area contributed by atoms with E-state index in [9.17, 15) is 4.39 Å². The van der Waals surface area contributed by atoms with Gasteiger partial charge in [0, 0.05) is 44.6 Å². The highest BCUT2D eigenvalue weighted by Crippen LogP contribution is 2.17. The SMILES string of the molecule is OCCN1CCN(Cc2csc(COc3ccc(F)cc3)n2)CC1. The number of aliphatic hydroxyl groups is 1. The third-order valence-electron chi connectivity index (χ3n) is 4.04. The number of aliphatic hydroxyl groups excluding tert-OH is 1. The Hall–Kier alpha value is -1.54. The molecule has 0 spiro atoms. The maximum atomic E-state index is 12.9. The topological polar surface area (TPSA) is 48.8 Å². The van der Waals surface area contributed by atoms with Crippen molar-refractivity contribution in [2.45, 2.75) is 13.2 Å². The zero-order valence-corrected chi connectivity index (χ0v) is 14.3. The van der Waals surface area contributed by atoms with Crippen molar-refractivity contribution in [1.29, 1.82) is 0 Å². The molecule has 1 aliphatic heterocycles. The predicted octanol–water partition coefficient (Wildman–Crippen LogP) is 1.97. The van der Waals surface area contributed by atoms with Gasteiger partial charge in [-0.05, 0) is 24.3 Å². The number of rotatable bonds is 7. The lowest BCUT2D eigenvalue weighted by Gasteiger charge is -2.33. The molecule has 130 valence electrons. The molecule has 1 aromatic carbocycles. The summed E-state index contributed by atoms with van der Waals surface area (Å²) < 4.78 is 18.5. The number of ether oxygens (including phenoxy) is 1. The largest absolute Gasteiger partial charge is 0.486 e. The summed E-state index contributed by atoms with van der Waals surface area (Å²) in [6, 6.07) is 6.02. The fourth-order valence-electron chi connectivity index (χ4n) is 2.71. The molecule has 2 heterocycles. The summed E-state index contributed by atoms with van der Waals surface area (Å²) in [6.07, 6.45) is 0. The molecule has 3 rings (SSSR count). The minimum Gasteiger partial charge on any atom is -0.486 e.